The molecule has 3 N–H and O–H groups in total. The van der Waals surface area contributed by atoms with Crippen LogP contribution in [-0.4, -0.2) is 49.2 Å². The van der Waals surface area contributed by atoms with Gasteiger partial charge in [-0.25, -0.2) is 13.0 Å². The van der Waals surface area contributed by atoms with Gasteiger partial charge in [0.05, 0.1) is 5.69 Å². The molecule has 0 atom stereocenters. The summed E-state index contributed by atoms with van der Waals surface area (Å²) in [5, 5.41) is 11.0. The third kappa shape index (κ3) is 8.54. The Morgan fingerprint density at radius 3 is 1.97 bits per heavy atom. The Labute approximate surface area is 199 Å². The van der Waals surface area contributed by atoms with Crippen LogP contribution in [0.3, 0.4) is 0 Å². The van der Waals surface area contributed by atoms with E-state index < -0.39 is 10.0 Å². The quantitative estimate of drug-likeness (QED) is 0.261. The highest BCUT2D eigenvalue weighted by molar-refractivity contribution is 7.89. The van der Waals surface area contributed by atoms with Crippen LogP contribution in [0.15, 0.2) is 21.7 Å². The molecule has 1 heterocycles. The zero-order valence-electron chi connectivity index (χ0n) is 20.5. The average Bonchev–Trinajstić information content (AvgIpc) is 3.30. The first-order valence-corrected chi connectivity index (χ1v) is 14.2. The van der Waals surface area contributed by atoms with Gasteiger partial charge in [0.1, 0.15) is 4.90 Å². The maximum atomic E-state index is 13.7. The second-order valence-electron chi connectivity index (χ2n) is 8.73. The predicted molar refractivity (Wildman–Crippen MR) is 135 cm³/mol. The van der Waals surface area contributed by atoms with Gasteiger partial charge in [0.2, 0.25) is 10.0 Å². The normalized spacial score (nSPS) is 12.1. The molecule has 0 fully saturated rings. The van der Waals surface area contributed by atoms with Crippen LogP contribution in [0, 0.1) is 0 Å². The molecule has 0 aliphatic heterocycles. The number of hydrogen-bond donors (Lipinski definition) is 2. The molecular formula is C24H43N5O3S. The summed E-state index contributed by atoms with van der Waals surface area (Å²) < 4.78 is 33.9. The minimum Gasteiger partial charge on any atom is -0.382 e. The first kappa shape index (κ1) is 27.5. The standard InChI is InChI=1S/C24H43N5O3S/c1-3-5-7-9-11-13-19-29(20-14-12-10-8-6-4-2)33(30,31)22-16-15-21(26-18-17-25)23-24(22)28-32-27-23/h15-16,26H,3-14,17-20,25H2,1-2H3. The van der Waals surface area contributed by atoms with Crippen molar-refractivity contribution in [2.24, 2.45) is 5.73 Å². The number of nitrogens with zero attached hydrogens (tertiary/aromatic N) is 3. The van der Waals surface area contributed by atoms with Crippen LogP contribution in [-0.2, 0) is 10.0 Å². The summed E-state index contributed by atoms with van der Waals surface area (Å²) in [5.74, 6) is 0. The average molecular weight is 482 g/mol. The number of anilines is 1. The van der Waals surface area contributed by atoms with Gasteiger partial charge in [-0.3, -0.25) is 0 Å². The van der Waals surface area contributed by atoms with Crippen molar-refractivity contribution in [3.63, 3.8) is 0 Å². The first-order chi connectivity index (χ1) is 16.1. The Morgan fingerprint density at radius 2 is 1.39 bits per heavy atom. The van der Waals surface area contributed by atoms with E-state index in [0.717, 1.165) is 38.5 Å². The SMILES string of the molecule is CCCCCCCCN(CCCCCCCC)S(=O)(=O)c1ccc(NCCN)c2nonc12. The van der Waals surface area contributed by atoms with Crippen LogP contribution in [0.1, 0.15) is 90.9 Å². The van der Waals surface area contributed by atoms with Gasteiger partial charge >= 0.3 is 0 Å². The molecule has 0 aliphatic carbocycles. The van der Waals surface area contributed by atoms with Gasteiger partial charge in [-0.15, -0.1) is 0 Å². The molecule has 0 spiro atoms. The summed E-state index contributed by atoms with van der Waals surface area (Å²) in [5.41, 5.74) is 6.95. The van der Waals surface area contributed by atoms with Crippen LogP contribution in [0.2, 0.25) is 0 Å². The molecule has 188 valence electrons. The van der Waals surface area contributed by atoms with Gasteiger partial charge in [-0.2, -0.15) is 4.31 Å². The smallest absolute Gasteiger partial charge is 0.245 e. The fourth-order valence-corrected chi connectivity index (χ4v) is 5.67. The first-order valence-electron chi connectivity index (χ1n) is 12.8. The van der Waals surface area contributed by atoms with Crippen LogP contribution < -0.4 is 11.1 Å². The molecule has 0 aliphatic rings. The van der Waals surface area contributed by atoms with E-state index in [1.807, 2.05) is 0 Å². The zero-order chi connectivity index (χ0) is 23.9. The number of nitrogens with two attached hydrogens (primary N) is 1. The van der Waals surface area contributed by atoms with Crippen LogP contribution in [0.5, 0.6) is 0 Å². The number of unbranched alkanes of at least 4 members (excludes halogenated alkanes) is 10. The molecule has 2 rings (SSSR count). The van der Waals surface area contributed by atoms with E-state index in [0.29, 0.717) is 37.4 Å². The third-order valence-electron chi connectivity index (χ3n) is 5.98. The summed E-state index contributed by atoms with van der Waals surface area (Å²) in [6.45, 7) is 6.47. The monoisotopic (exact) mass is 481 g/mol. The zero-order valence-corrected chi connectivity index (χ0v) is 21.3. The van der Waals surface area contributed by atoms with E-state index in [2.05, 4.69) is 29.5 Å². The fourth-order valence-electron chi connectivity index (χ4n) is 4.03. The summed E-state index contributed by atoms with van der Waals surface area (Å²) >= 11 is 0. The number of rotatable bonds is 19. The highest BCUT2D eigenvalue weighted by Crippen LogP contribution is 2.29. The summed E-state index contributed by atoms with van der Waals surface area (Å²) in [6, 6.07) is 3.33. The van der Waals surface area contributed by atoms with Crippen molar-refractivity contribution >= 4 is 26.7 Å². The lowest BCUT2D eigenvalue weighted by molar-refractivity contribution is 0.315. The summed E-state index contributed by atoms with van der Waals surface area (Å²) in [6.07, 6.45) is 13.4. The maximum Gasteiger partial charge on any atom is 0.245 e. The molecule has 0 radical (unpaired) electrons. The number of benzene rings is 1. The van der Waals surface area contributed by atoms with E-state index in [-0.39, 0.29) is 10.4 Å². The Kier molecular flexibility index (Phi) is 12.7. The molecule has 0 unspecified atom stereocenters. The molecule has 33 heavy (non-hydrogen) atoms. The molecule has 0 saturated heterocycles. The van der Waals surface area contributed by atoms with Crippen molar-refractivity contribution in [1.82, 2.24) is 14.6 Å². The number of hydrogen-bond acceptors (Lipinski definition) is 7. The van der Waals surface area contributed by atoms with E-state index >= 15 is 0 Å². The molecule has 1 aromatic carbocycles. The van der Waals surface area contributed by atoms with Crippen LogP contribution in [0.4, 0.5) is 5.69 Å². The van der Waals surface area contributed by atoms with Gasteiger partial charge in [-0.1, -0.05) is 78.1 Å². The van der Waals surface area contributed by atoms with Crippen molar-refractivity contribution < 1.29 is 13.0 Å². The summed E-state index contributed by atoms with van der Waals surface area (Å²) in [4.78, 5) is 0.161. The second-order valence-corrected chi connectivity index (χ2v) is 10.6. The molecule has 0 amide bonds. The fraction of sp³-hybridized carbons (Fsp3) is 0.750. The Balaban J connectivity index is 2.14. The number of fused-ring (bicyclic) bond motifs is 1. The minimum absolute atomic E-state index is 0.161. The maximum absolute atomic E-state index is 13.7. The van der Waals surface area contributed by atoms with Crippen LogP contribution in [0.25, 0.3) is 11.0 Å². The van der Waals surface area contributed by atoms with Crippen molar-refractivity contribution in [3.05, 3.63) is 12.1 Å². The van der Waals surface area contributed by atoms with E-state index in [1.165, 1.54) is 38.5 Å². The third-order valence-corrected chi connectivity index (χ3v) is 7.91. The van der Waals surface area contributed by atoms with Gasteiger partial charge in [0, 0.05) is 26.2 Å². The van der Waals surface area contributed by atoms with Crippen molar-refractivity contribution in [2.45, 2.75) is 95.8 Å². The lowest BCUT2D eigenvalue weighted by Crippen LogP contribution is -2.33. The topological polar surface area (TPSA) is 114 Å². The van der Waals surface area contributed by atoms with Gasteiger partial charge in [0.25, 0.3) is 0 Å². The molecule has 0 saturated carbocycles. The van der Waals surface area contributed by atoms with Gasteiger partial charge in [-0.05, 0) is 35.3 Å². The van der Waals surface area contributed by atoms with E-state index in [9.17, 15) is 8.42 Å². The number of sulfonamides is 1. The number of aromatic nitrogens is 2. The van der Waals surface area contributed by atoms with Crippen molar-refractivity contribution in [2.75, 3.05) is 31.5 Å². The molecule has 1 aromatic heterocycles. The lowest BCUT2D eigenvalue weighted by atomic mass is 10.1. The highest BCUT2D eigenvalue weighted by atomic mass is 32.2. The van der Waals surface area contributed by atoms with Crippen molar-refractivity contribution in [1.29, 1.82) is 0 Å². The van der Waals surface area contributed by atoms with Gasteiger partial charge in [0.15, 0.2) is 11.0 Å². The lowest BCUT2D eigenvalue weighted by Gasteiger charge is -2.22. The number of nitrogens with one attached hydrogen (secondary N) is 1. The Hall–Kier alpha value is -1.71. The van der Waals surface area contributed by atoms with E-state index in [1.54, 1.807) is 16.4 Å². The minimum atomic E-state index is -3.71. The molecule has 8 nitrogen and oxygen atoms in total. The van der Waals surface area contributed by atoms with Crippen LogP contribution >= 0.6 is 0 Å². The Bertz CT molecular complexity index is 885. The largest absolute Gasteiger partial charge is 0.382 e. The molecule has 0 bridgehead atoms. The summed E-state index contributed by atoms with van der Waals surface area (Å²) in [7, 11) is -3.71. The highest BCUT2D eigenvalue weighted by Gasteiger charge is 2.28. The molecule has 9 heteroatoms. The molecule has 2 aromatic rings. The van der Waals surface area contributed by atoms with Crippen molar-refractivity contribution in [3.8, 4) is 0 Å². The Morgan fingerprint density at radius 1 is 0.848 bits per heavy atom. The molecular weight excluding hydrogens is 438 g/mol. The van der Waals surface area contributed by atoms with Gasteiger partial charge < -0.3 is 11.1 Å². The van der Waals surface area contributed by atoms with E-state index in [4.69, 9.17) is 10.4 Å². The second kappa shape index (κ2) is 15.2. The predicted octanol–water partition coefficient (Wildman–Crippen LogP) is 5.31.